The van der Waals surface area contributed by atoms with Crippen LogP contribution in [-0.4, -0.2) is 36.5 Å². The van der Waals surface area contributed by atoms with Gasteiger partial charge in [0.2, 0.25) is 11.1 Å². The molecule has 3 aromatic rings. The largest absolute Gasteiger partial charge is 0.360 e. The van der Waals surface area contributed by atoms with Gasteiger partial charge in [0.05, 0.1) is 10.9 Å². The number of carbonyl (C=O) groups is 1. The summed E-state index contributed by atoms with van der Waals surface area (Å²) in [7, 11) is 0. The van der Waals surface area contributed by atoms with Crippen molar-refractivity contribution in [1.29, 1.82) is 0 Å². The predicted octanol–water partition coefficient (Wildman–Crippen LogP) is 3.08. The van der Waals surface area contributed by atoms with Gasteiger partial charge in [0.25, 0.3) is 0 Å². The summed E-state index contributed by atoms with van der Waals surface area (Å²) in [6.45, 7) is 7.73. The maximum atomic E-state index is 12.6. The van der Waals surface area contributed by atoms with Crippen LogP contribution in [0.3, 0.4) is 0 Å². The Morgan fingerprint density at radius 2 is 2.04 bits per heavy atom. The lowest BCUT2D eigenvalue weighted by Gasteiger charge is -2.14. The molecule has 136 valence electrons. The molecular formula is C17H20N6O2S. The molecule has 2 aromatic heterocycles. The summed E-state index contributed by atoms with van der Waals surface area (Å²) in [6, 6.07) is 7.69. The molecule has 26 heavy (non-hydrogen) atoms. The van der Waals surface area contributed by atoms with E-state index < -0.39 is 0 Å². The predicted molar refractivity (Wildman–Crippen MR) is 98.4 cm³/mol. The van der Waals surface area contributed by atoms with E-state index in [2.05, 4.69) is 26.0 Å². The van der Waals surface area contributed by atoms with Gasteiger partial charge in [0, 0.05) is 6.07 Å². The fourth-order valence-corrected chi connectivity index (χ4v) is 3.51. The number of hydrogen-bond donors (Lipinski definition) is 1. The topological polar surface area (TPSA) is 98.7 Å². The molecule has 0 radical (unpaired) electrons. The minimum absolute atomic E-state index is 0.165. The zero-order valence-electron chi connectivity index (χ0n) is 15.1. The molecule has 1 unspecified atom stereocenters. The molecule has 8 nitrogen and oxygen atoms in total. The highest BCUT2D eigenvalue weighted by atomic mass is 32.2. The van der Waals surface area contributed by atoms with E-state index in [9.17, 15) is 4.79 Å². The Hall–Kier alpha value is -2.68. The first kappa shape index (κ1) is 18.1. The van der Waals surface area contributed by atoms with Crippen molar-refractivity contribution in [3.05, 3.63) is 41.2 Å². The zero-order chi connectivity index (χ0) is 18.7. The van der Waals surface area contributed by atoms with E-state index in [4.69, 9.17) is 4.52 Å². The third-order valence-electron chi connectivity index (χ3n) is 3.88. The average Bonchev–Trinajstić information content (AvgIpc) is 3.21. The van der Waals surface area contributed by atoms with Gasteiger partial charge < -0.3 is 9.84 Å². The SMILES string of the molecule is CCC(Sc1nnnn1-c1c(C)cccc1C)C(=O)Nc1cc(C)on1. The summed E-state index contributed by atoms with van der Waals surface area (Å²) in [5.41, 5.74) is 3.06. The maximum absolute atomic E-state index is 12.6. The maximum Gasteiger partial charge on any atom is 0.239 e. The van der Waals surface area contributed by atoms with Crippen molar-refractivity contribution < 1.29 is 9.32 Å². The number of anilines is 1. The molecular weight excluding hydrogens is 352 g/mol. The number of hydrogen-bond acceptors (Lipinski definition) is 7. The van der Waals surface area contributed by atoms with E-state index in [1.807, 2.05) is 39.0 Å². The smallest absolute Gasteiger partial charge is 0.239 e. The Morgan fingerprint density at radius 3 is 2.65 bits per heavy atom. The van der Waals surface area contributed by atoms with Gasteiger partial charge in [-0.1, -0.05) is 42.0 Å². The van der Waals surface area contributed by atoms with Crippen molar-refractivity contribution in [2.75, 3.05) is 5.32 Å². The number of benzene rings is 1. The number of rotatable bonds is 6. The first-order valence-corrected chi connectivity index (χ1v) is 9.13. The Bertz CT molecular complexity index is 899. The van der Waals surface area contributed by atoms with Crippen LogP contribution in [0.25, 0.3) is 5.69 Å². The van der Waals surface area contributed by atoms with Crippen molar-refractivity contribution >= 4 is 23.5 Å². The van der Waals surface area contributed by atoms with Gasteiger partial charge in [-0.3, -0.25) is 4.79 Å². The van der Waals surface area contributed by atoms with E-state index in [1.165, 1.54) is 11.8 Å². The van der Waals surface area contributed by atoms with Crippen molar-refractivity contribution in [3.63, 3.8) is 0 Å². The molecule has 0 fully saturated rings. The molecule has 0 bridgehead atoms. The lowest BCUT2D eigenvalue weighted by atomic mass is 10.1. The standard InChI is InChI=1S/C17H20N6O2S/c1-5-13(16(24)18-14-9-12(4)25-20-14)26-17-19-21-22-23(17)15-10(2)7-6-8-11(15)3/h6-9,13H,5H2,1-4H3,(H,18,20,24). The van der Waals surface area contributed by atoms with E-state index >= 15 is 0 Å². The van der Waals surface area contributed by atoms with Gasteiger partial charge in [-0.25, -0.2) is 0 Å². The van der Waals surface area contributed by atoms with Gasteiger partial charge in [-0.15, -0.1) is 5.10 Å². The van der Waals surface area contributed by atoms with E-state index in [0.29, 0.717) is 23.2 Å². The number of aryl methyl sites for hydroxylation is 3. The van der Waals surface area contributed by atoms with Crippen LogP contribution in [0, 0.1) is 20.8 Å². The highest BCUT2D eigenvalue weighted by molar-refractivity contribution is 8.00. The average molecular weight is 372 g/mol. The number of para-hydroxylation sites is 1. The quantitative estimate of drug-likeness (QED) is 0.664. The summed E-state index contributed by atoms with van der Waals surface area (Å²) in [5, 5.41) is 18.8. The van der Waals surface area contributed by atoms with E-state index in [1.54, 1.807) is 17.7 Å². The van der Waals surface area contributed by atoms with Gasteiger partial charge in [0.1, 0.15) is 5.76 Å². The second-order valence-electron chi connectivity index (χ2n) is 5.94. The molecule has 0 saturated carbocycles. The molecule has 1 N–H and O–H groups in total. The minimum atomic E-state index is -0.360. The van der Waals surface area contributed by atoms with Crippen LogP contribution in [0.15, 0.2) is 33.9 Å². The Balaban J connectivity index is 1.82. The Morgan fingerprint density at radius 1 is 1.31 bits per heavy atom. The summed E-state index contributed by atoms with van der Waals surface area (Å²) in [6.07, 6.45) is 0.618. The number of nitrogens with zero attached hydrogens (tertiary/aromatic N) is 5. The normalized spacial score (nSPS) is 12.2. The molecule has 3 rings (SSSR count). The molecule has 2 heterocycles. The summed E-state index contributed by atoms with van der Waals surface area (Å²) < 4.78 is 6.67. The van der Waals surface area contributed by atoms with Crippen molar-refractivity contribution in [1.82, 2.24) is 25.4 Å². The molecule has 9 heteroatoms. The van der Waals surface area contributed by atoms with Crippen molar-refractivity contribution in [2.24, 2.45) is 0 Å². The summed E-state index contributed by atoms with van der Waals surface area (Å²) >= 11 is 1.32. The van der Waals surface area contributed by atoms with Crippen LogP contribution in [-0.2, 0) is 4.79 Å². The van der Waals surface area contributed by atoms with Crippen LogP contribution in [0.1, 0.15) is 30.2 Å². The second kappa shape index (κ2) is 7.69. The molecule has 0 aliphatic rings. The van der Waals surface area contributed by atoms with Gasteiger partial charge in [-0.2, -0.15) is 4.68 Å². The lowest BCUT2D eigenvalue weighted by molar-refractivity contribution is -0.115. The molecule has 1 aromatic carbocycles. The monoisotopic (exact) mass is 372 g/mol. The number of tetrazole rings is 1. The molecule has 0 saturated heterocycles. The fraction of sp³-hybridized carbons (Fsp3) is 0.353. The highest BCUT2D eigenvalue weighted by Crippen LogP contribution is 2.28. The van der Waals surface area contributed by atoms with Crippen LogP contribution >= 0.6 is 11.8 Å². The third kappa shape index (κ3) is 3.77. The van der Waals surface area contributed by atoms with Gasteiger partial charge in [0.15, 0.2) is 5.82 Å². The summed E-state index contributed by atoms with van der Waals surface area (Å²) in [5.74, 6) is 0.878. The van der Waals surface area contributed by atoms with Crippen molar-refractivity contribution in [2.45, 2.75) is 44.5 Å². The zero-order valence-corrected chi connectivity index (χ0v) is 15.9. The lowest BCUT2D eigenvalue weighted by Crippen LogP contribution is -2.25. The van der Waals surface area contributed by atoms with Crippen LogP contribution in [0.5, 0.6) is 0 Å². The van der Waals surface area contributed by atoms with E-state index in [-0.39, 0.29) is 11.2 Å². The fourth-order valence-electron chi connectivity index (χ4n) is 2.61. The number of thioether (sulfide) groups is 1. The van der Waals surface area contributed by atoms with Gasteiger partial charge >= 0.3 is 0 Å². The Labute approximate surface area is 155 Å². The van der Waals surface area contributed by atoms with Crippen LogP contribution in [0.4, 0.5) is 5.82 Å². The molecule has 0 spiro atoms. The highest BCUT2D eigenvalue weighted by Gasteiger charge is 2.23. The number of nitrogens with one attached hydrogen (secondary N) is 1. The molecule has 1 amide bonds. The van der Waals surface area contributed by atoms with Crippen LogP contribution < -0.4 is 5.32 Å². The van der Waals surface area contributed by atoms with Crippen LogP contribution in [0.2, 0.25) is 0 Å². The molecule has 0 aliphatic heterocycles. The molecule has 1 atom stereocenters. The number of carbonyl (C=O) groups excluding carboxylic acids is 1. The summed E-state index contributed by atoms with van der Waals surface area (Å²) in [4.78, 5) is 12.6. The first-order chi connectivity index (χ1) is 12.5. The Kier molecular flexibility index (Phi) is 5.36. The van der Waals surface area contributed by atoms with Crippen molar-refractivity contribution in [3.8, 4) is 5.69 Å². The molecule has 0 aliphatic carbocycles. The minimum Gasteiger partial charge on any atom is -0.360 e. The third-order valence-corrected chi connectivity index (χ3v) is 5.18. The number of amides is 1. The second-order valence-corrected chi connectivity index (χ2v) is 7.11. The first-order valence-electron chi connectivity index (χ1n) is 8.25. The number of aromatic nitrogens is 5. The van der Waals surface area contributed by atoms with E-state index in [0.717, 1.165) is 16.8 Å². The van der Waals surface area contributed by atoms with Gasteiger partial charge in [-0.05, 0) is 48.7 Å².